The Morgan fingerprint density at radius 2 is 2.25 bits per heavy atom. The van der Waals surface area contributed by atoms with Crippen LogP contribution >= 0.6 is 11.3 Å². The molecule has 1 unspecified atom stereocenters. The minimum absolute atomic E-state index is 0.195. The quantitative estimate of drug-likeness (QED) is 0.845. The Labute approximate surface area is 99.2 Å². The minimum Gasteiger partial charge on any atom is -0.496 e. The van der Waals surface area contributed by atoms with Crippen LogP contribution in [0, 0.1) is 0 Å². The number of hydrogen-bond donors (Lipinski definition) is 2. The average molecular weight is 243 g/mol. The van der Waals surface area contributed by atoms with Crippen molar-refractivity contribution in [1.82, 2.24) is 5.32 Å². The molecule has 2 N–H and O–H groups in total. The van der Waals surface area contributed by atoms with Crippen LogP contribution in [0.4, 0.5) is 0 Å². The summed E-state index contributed by atoms with van der Waals surface area (Å²) in [5.41, 5.74) is -0.645. The molecule has 1 aromatic rings. The third kappa shape index (κ3) is 2.96. The number of carbonyl (C=O) groups excluding carboxylic acids is 1. The van der Waals surface area contributed by atoms with Gasteiger partial charge in [0, 0.05) is 11.4 Å². The monoisotopic (exact) mass is 243 g/mol. The first kappa shape index (κ1) is 13.0. The molecule has 1 heterocycles. The first-order valence-corrected chi connectivity index (χ1v) is 5.88. The summed E-state index contributed by atoms with van der Waals surface area (Å²) in [6.45, 7) is 5.20. The summed E-state index contributed by atoms with van der Waals surface area (Å²) >= 11 is 1.32. The molecule has 0 radical (unpaired) electrons. The third-order valence-electron chi connectivity index (χ3n) is 2.52. The fourth-order valence-corrected chi connectivity index (χ4v) is 1.75. The predicted molar refractivity (Wildman–Crippen MR) is 64.1 cm³/mol. The zero-order chi connectivity index (χ0) is 12.3. The molecule has 5 heteroatoms. The Bertz CT molecular complexity index is 371. The maximum absolute atomic E-state index is 11.8. The van der Waals surface area contributed by atoms with Gasteiger partial charge in [0.1, 0.15) is 5.75 Å². The molecule has 1 rings (SSSR count). The van der Waals surface area contributed by atoms with Crippen molar-refractivity contribution in [2.45, 2.75) is 32.4 Å². The van der Waals surface area contributed by atoms with Gasteiger partial charge in [0.05, 0.1) is 23.6 Å². The number of amides is 1. The Kier molecular flexibility index (Phi) is 3.93. The molecule has 0 aromatic carbocycles. The molecule has 0 fully saturated rings. The van der Waals surface area contributed by atoms with Crippen LogP contribution in [-0.4, -0.2) is 29.8 Å². The second kappa shape index (κ2) is 4.84. The highest BCUT2D eigenvalue weighted by atomic mass is 32.1. The maximum atomic E-state index is 11.8. The predicted octanol–water partition coefficient (Wildman–Crippen LogP) is 1.65. The summed E-state index contributed by atoms with van der Waals surface area (Å²) in [6.07, 6.45) is -0.613. The van der Waals surface area contributed by atoms with E-state index in [1.807, 2.05) is 0 Å². The summed E-state index contributed by atoms with van der Waals surface area (Å²) in [6, 6.07) is 1.68. The smallest absolute Gasteiger partial charge is 0.261 e. The first-order valence-electron chi connectivity index (χ1n) is 5.00. The van der Waals surface area contributed by atoms with Crippen LogP contribution in [0.5, 0.6) is 5.75 Å². The van der Waals surface area contributed by atoms with E-state index in [-0.39, 0.29) is 5.91 Å². The van der Waals surface area contributed by atoms with Crippen molar-refractivity contribution in [3.05, 3.63) is 16.3 Å². The van der Waals surface area contributed by atoms with Crippen LogP contribution in [0.2, 0.25) is 0 Å². The van der Waals surface area contributed by atoms with Crippen molar-refractivity contribution in [1.29, 1.82) is 0 Å². The summed E-state index contributed by atoms with van der Waals surface area (Å²) < 4.78 is 5.00. The molecular weight excluding hydrogens is 226 g/mol. The first-order chi connectivity index (χ1) is 7.36. The van der Waals surface area contributed by atoms with Gasteiger partial charge in [-0.3, -0.25) is 4.79 Å². The fourth-order valence-electron chi connectivity index (χ4n) is 1.00. The molecule has 90 valence electrons. The molecule has 1 amide bonds. The topological polar surface area (TPSA) is 58.6 Å². The third-order valence-corrected chi connectivity index (χ3v) is 3.42. The lowest BCUT2D eigenvalue weighted by Crippen LogP contribution is -2.50. The second-order valence-corrected chi connectivity index (χ2v) is 5.11. The number of nitrogens with one attached hydrogen (secondary N) is 1. The van der Waals surface area contributed by atoms with Crippen LogP contribution in [0.15, 0.2) is 11.4 Å². The van der Waals surface area contributed by atoms with E-state index in [0.717, 1.165) is 0 Å². The number of methoxy groups -OCH3 is 1. The molecule has 0 saturated heterocycles. The van der Waals surface area contributed by atoms with Gasteiger partial charge in [0.25, 0.3) is 5.91 Å². The van der Waals surface area contributed by atoms with E-state index in [0.29, 0.717) is 10.6 Å². The molecule has 1 aromatic heterocycles. The lowest BCUT2D eigenvalue weighted by Gasteiger charge is -2.28. The molecular formula is C11H17NO3S. The molecule has 0 aliphatic heterocycles. The number of aliphatic hydroxyl groups is 1. The zero-order valence-electron chi connectivity index (χ0n) is 9.90. The number of thiophene rings is 1. The van der Waals surface area contributed by atoms with Crippen molar-refractivity contribution < 1.29 is 14.6 Å². The zero-order valence-corrected chi connectivity index (χ0v) is 10.7. The standard InChI is InChI=1S/C11H17NO3S/c1-7(13)11(2,3)12-10(14)9-5-8(15-4)6-16-9/h5-7,13H,1-4H3,(H,12,14). The van der Waals surface area contributed by atoms with E-state index < -0.39 is 11.6 Å². The van der Waals surface area contributed by atoms with Crippen molar-refractivity contribution in [2.75, 3.05) is 7.11 Å². The van der Waals surface area contributed by atoms with Crippen molar-refractivity contribution >= 4 is 17.2 Å². The number of rotatable bonds is 4. The van der Waals surface area contributed by atoms with E-state index in [1.54, 1.807) is 39.3 Å². The molecule has 0 bridgehead atoms. The summed E-state index contributed by atoms with van der Waals surface area (Å²) in [7, 11) is 1.56. The summed E-state index contributed by atoms with van der Waals surface area (Å²) in [5, 5.41) is 14.0. The molecule has 0 aliphatic carbocycles. The van der Waals surface area contributed by atoms with Gasteiger partial charge in [-0.2, -0.15) is 0 Å². The van der Waals surface area contributed by atoms with E-state index in [1.165, 1.54) is 11.3 Å². The molecule has 1 atom stereocenters. The van der Waals surface area contributed by atoms with Crippen LogP contribution in [0.3, 0.4) is 0 Å². The lowest BCUT2D eigenvalue weighted by atomic mass is 9.99. The van der Waals surface area contributed by atoms with Gasteiger partial charge in [0.15, 0.2) is 0 Å². The summed E-state index contributed by atoms with van der Waals surface area (Å²) in [4.78, 5) is 12.4. The highest BCUT2D eigenvalue weighted by Crippen LogP contribution is 2.22. The Morgan fingerprint density at radius 3 is 2.69 bits per heavy atom. The largest absolute Gasteiger partial charge is 0.496 e. The van der Waals surface area contributed by atoms with Crippen LogP contribution in [0.1, 0.15) is 30.4 Å². The number of carbonyl (C=O) groups is 1. The minimum atomic E-state index is -0.645. The molecule has 0 saturated carbocycles. The average Bonchev–Trinajstić information content (AvgIpc) is 2.64. The normalized spacial score (nSPS) is 13.3. The van der Waals surface area contributed by atoms with Gasteiger partial charge in [-0.05, 0) is 20.8 Å². The van der Waals surface area contributed by atoms with Gasteiger partial charge in [-0.25, -0.2) is 0 Å². The summed E-state index contributed by atoms with van der Waals surface area (Å²) in [5.74, 6) is 0.476. The lowest BCUT2D eigenvalue weighted by molar-refractivity contribution is 0.0712. The van der Waals surface area contributed by atoms with E-state index >= 15 is 0 Å². The number of hydrogen-bond acceptors (Lipinski definition) is 4. The molecule has 16 heavy (non-hydrogen) atoms. The van der Waals surface area contributed by atoms with E-state index in [9.17, 15) is 9.90 Å². The number of ether oxygens (including phenoxy) is 1. The maximum Gasteiger partial charge on any atom is 0.261 e. The van der Waals surface area contributed by atoms with Crippen LogP contribution in [0.25, 0.3) is 0 Å². The van der Waals surface area contributed by atoms with Gasteiger partial charge < -0.3 is 15.2 Å². The van der Waals surface area contributed by atoms with E-state index in [2.05, 4.69) is 5.32 Å². The number of aliphatic hydroxyl groups excluding tert-OH is 1. The van der Waals surface area contributed by atoms with Gasteiger partial charge in [-0.15, -0.1) is 11.3 Å². The fraction of sp³-hybridized carbons (Fsp3) is 0.545. The van der Waals surface area contributed by atoms with Gasteiger partial charge >= 0.3 is 0 Å². The molecule has 4 nitrogen and oxygen atoms in total. The molecule has 0 spiro atoms. The highest BCUT2D eigenvalue weighted by Gasteiger charge is 2.27. The Balaban J connectivity index is 2.72. The Hall–Kier alpha value is -1.07. The van der Waals surface area contributed by atoms with Crippen molar-refractivity contribution in [3.63, 3.8) is 0 Å². The van der Waals surface area contributed by atoms with Crippen molar-refractivity contribution in [2.24, 2.45) is 0 Å². The highest BCUT2D eigenvalue weighted by molar-refractivity contribution is 7.12. The Morgan fingerprint density at radius 1 is 1.62 bits per heavy atom. The second-order valence-electron chi connectivity index (χ2n) is 4.20. The van der Waals surface area contributed by atoms with Gasteiger partial charge in [-0.1, -0.05) is 0 Å². The van der Waals surface area contributed by atoms with Crippen molar-refractivity contribution in [3.8, 4) is 5.75 Å². The van der Waals surface area contributed by atoms with E-state index in [4.69, 9.17) is 4.74 Å². The SMILES string of the molecule is COc1csc(C(=O)NC(C)(C)C(C)O)c1. The van der Waals surface area contributed by atoms with Crippen LogP contribution in [-0.2, 0) is 0 Å². The molecule has 0 aliphatic rings. The van der Waals surface area contributed by atoms with Gasteiger partial charge in [0.2, 0.25) is 0 Å². The van der Waals surface area contributed by atoms with Crippen LogP contribution < -0.4 is 10.1 Å².